The van der Waals surface area contributed by atoms with Crippen molar-refractivity contribution in [3.8, 4) is 0 Å². The predicted octanol–water partition coefficient (Wildman–Crippen LogP) is 5.46. The molecule has 1 aromatic carbocycles. The van der Waals surface area contributed by atoms with Gasteiger partial charge in [-0.05, 0) is 69.5 Å². The highest BCUT2D eigenvalue weighted by Crippen LogP contribution is 2.36. The van der Waals surface area contributed by atoms with Crippen molar-refractivity contribution < 1.29 is 13.6 Å². The van der Waals surface area contributed by atoms with Gasteiger partial charge in [0.15, 0.2) is 0 Å². The van der Waals surface area contributed by atoms with Gasteiger partial charge in [0.05, 0.1) is 5.69 Å². The summed E-state index contributed by atoms with van der Waals surface area (Å²) in [7, 11) is 0. The molecule has 1 aliphatic heterocycles. The van der Waals surface area contributed by atoms with E-state index < -0.39 is 11.6 Å². The number of aromatic amines is 1. The molecular weight excluding hydrogens is 473 g/mol. The number of ketones is 1. The van der Waals surface area contributed by atoms with Crippen molar-refractivity contribution >= 4 is 36.1 Å². The number of nitrogens with one attached hydrogen (secondary N) is 1. The van der Waals surface area contributed by atoms with Gasteiger partial charge in [0.25, 0.3) is 0 Å². The number of benzene rings is 1. The number of H-pyrrole nitrogens is 1. The molecule has 4 rings (SSSR count). The Bertz CT molecular complexity index is 977. The van der Waals surface area contributed by atoms with Crippen LogP contribution in [0.25, 0.3) is 5.57 Å². The maximum absolute atomic E-state index is 14.0. The van der Waals surface area contributed by atoms with Gasteiger partial charge in [-0.25, -0.2) is 8.78 Å². The molecule has 1 N–H and O–H groups in total. The number of hydrogen-bond donors (Lipinski definition) is 1. The fraction of sp³-hybridized carbons (Fsp3) is 0.318. The van der Waals surface area contributed by atoms with Gasteiger partial charge in [-0.15, -0.1) is 0 Å². The third-order valence-electron chi connectivity index (χ3n) is 5.49. The summed E-state index contributed by atoms with van der Waals surface area (Å²) >= 11 is 0.0565. The number of halogens is 3. The zero-order chi connectivity index (χ0) is 19.5. The number of aromatic nitrogens is 2. The minimum atomic E-state index is -0.584. The largest absolute Gasteiger partial charge is 0.299 e. The number of rotatable bonds is 5. The maximum Gasteiger partial charge on any atom is 0.136 e. The van der Waals surface area contributed by atoms with E-state index >= 15 is 0 Å². The van der Waals surface area contributed by atoms with Gasteiger partial charge in [0, 0.05) is 29.7 Å². The van der Waals surface area contributed by atoms with Crippen LogP contribution < -0.4 is 0 Å². The summed E-state index contributed by atoms with van der Waals surface area (Å²) in [6.07, 6.45) is 7.60. The lowest BCUT2D eigenvalue weighted by Crippen LogP contribution is -2.25. The summed E-state index contributed by atoms with van der Waals surface area (Å²) in [5.41, 5.74) is 3.54. The molecule has 2 unspecified atom stereocenters. The van der Waals surface area contributed by atoms with Gasteiger partial charge < -0.3 is 0 Å². The SMILES string of the molecule is O=C1CC(c2ccc(F)cc2F)CCC1CCc1cc(C2=CC=IC=C2)n[nH]1. The van der Waals surface area contributed by atoms with Crippen LogP contribution >= 0.6 is 20.7 Å². The zero-order valence-corrected chi connectivity index (χ0v) is 17.5. The van der Waals surface area contributed by atoms with Crippen molar-refractivity contribution in [2.45, 2.75) is 38.0 Å². The first-order valence-corrected chi connectivity index (χ1v) is 11.9. The number of carbonyl (C=O) groups excluding carboxylic acids is 1. The molecule has 2 aromatic rings. The lowest BCUT2D eigenvalue weighted by molar-refractivity contribution is -0.125. The van der Waals surface area contributed by atoms with Gasteiger partial charge in [0.1, 0.15) is 17.4 Å². The van der Waals surface area contributed by atoms with Crippen LogP contribution in [0.3, 0.4) is 0 Å². The zero-order valence-electron chi connectivity index (χ0n) is 15.3. The summed E-state index contributed by atoms with van der Waals surface area (Å²) in [4.78, 5) is 12.6. The van der Waals surface area contributed by atoms with Crippen LogP contribution in [-0.2, 0) is 11.2 Å². The number of hydrogen-bond acceptors (Lipinski definition) is 2. The number of Topliss-reactive ketones (excluding diaryl/α,β-unsaturated/α-hetero) is 1. The Morgan fingerprint density at radius 1 is 1.21 bits per heavy atom. The molecule has 0 saturated heterocycles. The molecule has 28 heavy (non-hydrogen) atoms. The summed E-state index contributed by atoms with van der Waals surface area (Å²) in [6.45, 7) is 0. The first-order valence-electron chi connectivity index (χ1n) is 9.44. The molecule has 0 amide bonds. The van der Waals surface area contributed by atoms with E-state index in [9.17, 15) is 13.6 Å². The molecule has 146 valence electrons. The highest BCUT2D eigenvalue weighted by molar-refractivity contribution is 14.2. The van der Waals surface area contributed by atoms with Gasteiger partial charge >= 0.3 is 0 Å². The molecule has 1 aromatic heterocycles. The highest BCUT2D eigenvalue weighted by atomic mass is 127. The molecule has 2 heterocycles. The van der Waals surface area contributed by atoms with E-state index in [-0.39, 0.29) is 38.3 Å². The van der Waals surface area contributed by atoms with Gasteiger partial charge in [-0.3, -0.25) is 9.89 Å². The van der Waals surface area contributed by atoms with Crippen molar-refractivity contribution in [2.75, 3.05) is 0 Å². The number of aryl methyl sites for hydroxylation is 1. The van der Waals surface area contributed by atoms with Crippen LogP contribution in [0.5, 0.6) is 0 Å². The van der Waals surface area contributed by atoms with Crippen molar-refractivity contribution in [3.63, 3.8) is 0 Å². The molecule has 1 aliphatic carbocycles. The molecule has 0 bridgehead atoms. The normalized spacial score (nSPS) is 22.1. The minimum Gasteiger partial charge on any atom is -0.299 e. The van der Waals surface area contributed by atoms with E-state index in [0.29, 0.717) is 12.0 Å². The second-order valence-electron chi connectivity index (χ2n) is 7.29. The van der Waals surface area contributed by atoms with Gasteiger partial charge in [-0.2, -0.15) is 5.10 Å². The molecule has 1 fully saturated rings. The van der Waals surface area contributed by atoms with Gasteiger partial charge in [-0.1, -0.05) is 26.8 Å². The Kier molecular flexibility index (Phi) is 5.94. The fourth-order valence-corrected chi connectivity index (χ4v) is 5.35. The van der Waals surface area contributed by atoms with Crippen molar-refractivity contribution in [2.24, 2.45) is 5.92 Å². The third kappa shape index (κ3) is 4.37. The second kappa shape index (κ2) is 8.59. The predicted molar refractivity (Wildman–Crippen MR) is 116 cm³/mol. The van der Waals surface area contributed by atoms with E-state index in [2.05, 4.69) is 36.5 Å². The summed E-state index contributed by atoms with van der Waals surface area (Å²) in [6, 6.07) is 5.69. The molecule has 0 radical (unpaired) electrons. The highest BCUT2D eigenvalue weighted by Gasteiger charge is 2.30. The molecule has 0 spiro atoms. The van der Waals surface area contributed by atoms with Crippen LogP contribution in [0, 0.1) is 17.6 Å². The summed E-state index contributed by atoms with van der Waals surface area (Å²) in [5.74, 6) is -1.10. The number of carbonyl (C=O) groups is 1. The summed E-state index contributed by atoms with van der Waals surface area (Å²) in [5, 5.41) is 7.46. The monoisotopic (exact) mass is 494 g/mol. The molecule has 2 aliphatic rings. The van der Waals surface area contributed by atoms with Crippen molar-refractivity contribution in [1.29, 1.82) is 0 Å². The molecule has 6 heteroatoms. The Morgan fingerprint density at radius 3 is 2.86 bits per heavy atom. The average molecular weight is 494 g/mol. The Hall–Kier alpha value is -1.96. The topological polar surface area (TPSA) is 45.8 Å². The number of nitrogens with zero attached hydrogens (tertiary/aromatic N) is 1. The van der Waals surface area contributed by atoms with Crippen molar-refractivity contribution in [1.82, 2.24) is 10.2 Å². The van der Waals surface area contributed by atoms with E-state index in [1.165, 1.54) is 12.1 Å². The van der Waals surface area contributed by atoms with Crippen LogP contribution in [0.4, 0.5) is 8.78 Å². The lowest BCUT2D eigenvalue weighted by atomic mass is 9.76. The Labute approximate surface area is 172 Å². The molecule has 3 nitrogen and oxygen atoms in total. The fourth-order valence-electron chi connectivity index (χ4n) is 3.92. The third-order valence-corrected chi connectivity index (χ3v) is 7.04. The van der Waals surface area contributed by atoms with E-state index in [1.807, 2.05) is 0 Å². The smallest absolute Gasteiger partial charge is 0.136 e. The lowest BCUT2D eigenvalue weighted by Gasteiger charge is -2.27. The second-order valence-corrected chi connectivity index (χ2v) is 9.45. The van der Waals surface area contributed by atoms with Crippen molar-refractivity contribution in [3.05, 3.63) is 69.1 Å². The molecule has 1 saturated carbocycles. The first kappa shape index (κ1) is 19.4. The number of allylic oxidation sites excluding steroid dienone is 3. The Morgan fingerprint density at radius 2 is 2.11 bits per heavy atom. The minimum absolute atomic E-state index is 0.00149. The van der Waals surface area contributed by atoms with Crippen LogP contribution in [0.2, 0.25) is 0 Å². The van der Waals surface area contributed by atoms with E-state index in [0.717, 1.165) is 48.7 Å². The first-order chi connectivity index (χ1) is 13.6. The van der Waals surface area contributed by atoms with E-state index in [1.54, 1.807) is 0 Å². The summed E-state index contributed by atoms with van der Waals surface area (Å²) < 4.78 is 31.5. The van der Waals surface area contributed by atoms with Crippen LogP contribution in [-0.4, -0.2) is 20.0 Å². The quantitative estimate of drug-likeness (QED) is 0.562. The van der Waals surface area contributed by atoms with E-state index in [4.69, 9.17) is 0 Å². The maximum atomic E-state index is 14.0. The van der Waals surface area contributed by atoms with Crippen LogP contribution in [0.1, 0.15) is 48.6 Å². The average Bonchev–Trinajstić information content (AvgIpc) is 3.17. The van der Waals surface area contributed by atoms with Gasteiger partial charge in [0.2, 0.25) is 0 Å². The standard InChI is InChI=1S/C22H21F2IN2O/c23-17-4-6-19(20(24)12-17)16-2-1-15(22(28)11-16)3-5-18-13-21(27-26-18)14-7-9-25-10-8-14/h4,6-10,12-13,15-16H,1-3,5,11H2,(H,26,27). The van der Waals surface area contributed by atoms with Crippen LogP contribution in [0.15, 0.2) is 40.5 Å². The molecule has 2 atom stereocenters. The Balaban J connectivity index is 1.34. The molecular formula is C22H21F2IN2O.